The highest BCUT2D eigenvalue weighted by Crippen LogP contribution is 2.05. The quantitative estimate of drug-likeness (QED) is 0.483. The van der Waals surface area contributed by atoms with Crippen molar-refractivity contribution in [2.75, 3.05) is 0 Å². The van der Waals surface area contributed by atoms with Crippen molar-refractivity contribution in [2.24, 2.45) is 0 Å². The predicted molar refractivity (Wildman–Crippen MR) is 52.2 cm³/mol. The lowest BCUT2D eigenvalue weighted by Gasteiger charge is -2.15. The highest BCUT2D eigenvalue weighted by atomic mass is 35.5. The summed E-state index contributed by atoms with van der Waals surface area (Å²) in [5.74, 6) is 0. The molecule has 1 heterocycles. The van der Waals surface area contributed by atoms with Gasteiger partial charge in [-0.2, -0.15) is 0 Å². The topological polar surface area (TPSA) is 12.9 Å². The van der Waals surface area contributed by atoms with Gasteiger partial charge in [0.1, 0.15) is 5.15 Å². The van der Waals surface area contributed by atoms with Gasteiger partial charge in [0.05, 0.1) is 8.07 Å². The van der Waals surface area contributed by atoms with Crippen LogP contribution in [0.2, 0.25) is 24.8 Å². The van der Waals surface area contributed by atoms with Crippen LogP contribution in [-0.4, -0.2) is 13.1 Å². The first-order valence-electron chi connectivity index (χ1n) is 3.62. The second-order valence-corrected chi connectivity index (χ2v) is 9.08. The molecule has 0 aliphatic rings. The molecule has 3 heteroatoms. The maximum absolute atomic E-state index is 5.76. The van der Waals surface area contributed by atoms with Crippen LogP contribution in [-0.2, 0) is 0 Å². The first-order chi connectivity index (χ1) is 5.00. The van der Waals surface area contributed by atoms with E-state index >= 15 is 0 Å². The minimum atomic E-state index is -1.19. The van der Waals surface area contributed by atoms with Crippen molar-refractivity contribution < 1.29 is 0 Å². The van der Waals surface area contributed by atoms with Crippen LogP contribution in [0, 0.1) is 0 Å². The highest BCUT2D eigenvalue weighted by Gasteiger charge is 2.15. The summed E-state index contributed by atoms with van der Waals surface area (Å²) in [5, 5.41) is 1.96. The van der Waals surface area contributed by atoms with Gasteiger partial charge in [-0.25, -0.2) is 4.98 Å². The Balaban J connectivity index is 3.06. The molecule has 0 saturated heterocycles. The van der Waals surface area contributed by atoms with Gasteiger partial charge >= 0.3 is 0 Å². The highest BCUT2D eigenvalue weighted by molar-refractivity contribution is 6.88. The Labute approximate surface area is 73.4 Å². The van der Waals surface area contributed by atoms with E-state index in [0.29, 0.717) is 5.15 Å². The number of nitrogens with zero attached hydrogens (tertiary/aromatic N) is 1. The summed E-state index contributed by atoms with van der Waals surface area (Å²) in [6.07, 6.45) is 1.77. The number of aromatic nitrogens is 1. The Morgan fingerprint density at radius 2 is 2.00 bits per heavy atom. The lowest BCUT2D eigenvalue weighted by molar-refractivity contribution is 1.34. The molecule has 0 saturated carbocycles. The van der Waals surface area contributed by atoms with E-state index in [0.717, 1.165) is 0 Å². The van der Waals surface area contributed by atoms with Gasteiger partial charge in [-0.3, -0.25) is 0 Å². The molecule has 0 N–H and O–H groups in total. The van der Waals surface area contributed by atoms with Gasteiger partial charge in [0.15, 0.2) is 0 Å². The van der Waals surface area contributed by atoms with Crippen LogP contribution < -0.4 is 5.19 Å². The monoisotopic (exact) mass is 185 g/mol. The fourth-order valence-electron chi connectivity index (χ4n) is 0.869. The maximum atomic E-state index is 5.76. The van der Waals surface area contributed by atoms with Crippen molar-refractivity contribution in [3.63, 3.8) is 0 Å². The molecular formula is C8H12ClNSi. The van der Waals surface area contributed by atoms with Crippen LogP contribution in [0.5, 0.6) is 0 Å². The van der Waals surface area contributed by atoms with Crippen molar-refractivity contribution in [3.05, 3.63) is 23.5 Å². The minimum Gasteiger partial charge on any atom is -0.245 e. The minimum absolute atomic E-state index is 0.602. The van der Waals surface area contributed by atoms with Crippen LogP contribution in [0.4, 0.5) is 0 Å². The van der Waals surface area contributed by atoms with Crippen LogP contribution in [0.1, 0.15) is 0 Å². The normalized spacial score (nSPS) is 11.6. The van der Waals surface area contributed by atoms with Gasteiger partial charge in [0, 0.05) is 6.20 Å². The molecule has 0 amide bonds. The molecule has 0 unspecified atom stereocenters. The zero-order valence-electron chi connectivity index (χ0n) is 7.06. The SMILES string of the molecule is C[Si](C)(C)c1ccnc(Cl)c1. The molecule has 0 fully saturated rings. The van der Waals surface area contributed by atoms with E-state index in [1.807, 2.05) is 6.07 Å². The van der Waals surface area contributed by atoms with Crippen molar-refractivity contribution >= 4 is 24.9 Å². The molecule has 1 aromatic heterocycles. The average Bonchev–Trinajstić information content (AvgIpc) is 1.86. The van der Waals surface area contributed by atoms with Crippen LogP contribution >= 0.6 is 11.6 Å². The van der Waals surface area contributed by atoms with Crippen molar-refractivity contribution in [3.8, 4) is 0 Å². The third kappa shape index (κ3) is 2.31. The van der Waals surface area contributed by atoms with Gasteiger partial charge in [0.25, 0.3) is 0 Å². The molecule has 0 atom stereocenters. The van der Waals surface area contributed by atoms with Crippen LogP contribution in [0.15, 0.2) is 18.3 Å². The predicted octanol–water partition coefficient (Wildman–Crippen LogP) is 2.28. The molecule has 0 bridgehead atoms. The molecule has 1 rings (SSSR count). The van der Waals surface area contributed by atoms with Crippen LogP contribution in [0.25, 0.3) is 0 Å². The Morgan fingerprint density at radius 3 is 2.36 bits per heavy atom. The second-order valence-electron chi connectivity index (χ2n) is 3.62. The molecule has 0 spiro atoms. The zero-order valence-corrected chi connectivity index (χ0v) is 8.81. The van der Waals surface area contributed by atoms with Gasteiger partial charge < -0.3 is 0 Å². The third-order valence-electron chi connectivity index (χ3n) is 1.59. The number of halogens is 1. The lowest BCUT2D eigenvalue weighted by atomic mass is 10.5. The molecule has 0 aromatic carbocycles. The Bertz CT molecular complexity index is 255. The molecule has 0 radical (unpaired) electrons. The van der Waals surface area contributed by atoms with Gasteiger partial charge in [-0.15, -0.1) is 0 Å². The Morgan fingerprint density at radius 1 is 1.36 bits per heavy atom. The van der Waals surface area contributed by atoms with E-state index in [9.17, 15) is 0 Å². The van der Waals surface area contributed by atoms with Crippen molar-refractivity contribution in [1.29, 1.82) is 0 Å². The molecule has 1 nitrogen and oxygen atoms in total. The van der Waals surface area contributed by atoms with Gasteiger partial charge in [0.2, 0.25) is 0 Å². The number of hydrogen-bond donors (Lipinski definition) is 0. The van der Waals surface area contributed by atoms with E-state index in [1.165, 1.54) is 5.19 Å². The van der Waals surface area contributed by atoms with Crippen molar-refractivity contribution in [1.82, 2.24) is 4.98 Å². The number of pyridine rings is 1. The van der Waals surface area contributed by atoms with Gasteiger partial charge in [-0.1, -0.05) is 36.4 Å². The summed E-state index contributed by atoms with van der Waals surface area (Å²) in [7, 11) is -1.19. The number of rotatable bonds is 1. The average molecular weight is 186 g/mol. The molecule has 0 aliphatic carbocycles. The first-order valence-corrected chi connectivity index (χ1v) is 7.50. The lowest BCUT2D eigenvalue weighted by Crippen LogP contribution is -2.37. The fourth-order valence-corrected chi connectivity index (χ4v) is 2.28. The van der Waals surface area contributed by atoms with E-state index in [-0.39, 0.29) is 0 Å². The van der Waals surface area contributed by atoms with Crippen LogP contribution in [0.3, 0.4) is 0 Å². The van der Waals surface area contributed by atoms with E-state index in [4.69, 9.17) is 11.6 Å². The Kier molecular flexibility index (Phi) is 2.35. The summed E-state index contributed by atoms with van der Waals surface area (Å²) in [6.45, 7) is 6.87. The van der Waals surface area contributed by atoms with E-state index < -0.39 is 8.07 Å². The molecule has 60 valence electrons. The second kappa shape index (κ2) is 2.95. The van der Waals surface area contributed by atoms with Gasteiger partial charge in [-0.05, 0) is 12.1 Å². The molecule has 11 heavy (non-hydrogen) atoms. The summed E-state index contributed by atoms with van der Waals surface area (Å²) >= 11 is 5.76. The number of hydrogen-bond acceptors (Lipinski definition) is 1. The fraction of sp³-hybridized carbons (Fsp3) is 0.375. The summed E-state index contributed by atoms with van der Waals surface area (Å²) in [4.78, 5) is 3.94. The third-order valence-corrected chi connectivity index (χ3v) is 3.84. The first kappa shape index (κ1) is 8.75. The van der Waals surface area contributed by atoms with Crippen molar-refractivity contribution in [2.45, 2.75) is 19.6 Å². The van der Waals surface area contributed by atoms with E-state index in [2.05, 4.69) is 30.7 Å². The standard InChI is InChI=1S/C8H12ClNSi/c1-11(2,3)7-4-5-10-8(9)6-7/h4-6H,1-3H3. The smallest absolute Gasteiger partial charge is 0.128 e. The molecule has 1 aromatic rings. The van der Waals surface area contributed by atoms with E-state index in [1.54, 1.807) is 6.20 Å². The zero-order chi connectivity index (χ0) is 8.48. The Hall–Kier alpha value is -0.343. The summed E-state index contributed by atoms with van der Waals surface area (Å²) < 4.78 is 0. The summed E-state index contributed by atoms with van der Waals surface area (Å²) in [6, 6.07) is 4.02. The summed E-state index contributed by atoms with van der Waals surface area (Å²) in [5.41, 5.74) is 0. The molecule has 0 aliphatic heterocycles. The maximum Gasteiger partial charge on any atom is 0.128 e. The largest absolute Gasteiger partial charge is 0.245 e. The molecular weight excluding hydrogens is 174 g/mol.